The molecule has 0 aromatic heterocycles. The van der Waals surface area contributed by atoms with E-state index in [2.05, 4.69) is 0 Å². The topological polar surface area (TPSA) is 61.8 Å². The van der Waals surface area contributed by atoms with Crippen molar-refractivity contribution < 1.29 is 23.8 Å². The molecule has 0 radical (unpaired) electrons. The molecule has 1 aromatic carbocycles. The van der Waals surface area contributed by atoms with Crippen molar-refractivity contribution in [2.24, 2.45) is 0 Å². The smallest absolute Gasteiger partial charge is 0.311 e. The van der Waals surface area contributed by atoms with Crippen LogP contribution in [0.25, 0.3) is 0 Å². The Morgan fingerprint density at radius 3 is 2.20 bits per heavy atom. The molecule has 0 heterocycles. The number of hydrogen-bond acceptors (Lipinski definition) is 5. The number of methoxy groups -OCH3 is 1. The van der Waals surface area contributed by atoms with E-state index in [0.29, 0.717) is 18.1 Å². The minimum absolute atomic E-state index is 0.0109. The fourth-order valence-corrected chi connectivity index (χ4v) is 1.43. The van der Waals surface area contributed by atoms with E-state index >= 15 is 0 Å². The molecule has 0 atom stereocenters. The van der Waals surface area contributed by atoms with E-state index < -0.39 is 5.97 Å². The van der Waals surface area contributed by atoms with Gasteiger partial charge < -0.3 is 14.2 Å². The van der Waals surface area contributed by atoms with Gasteiger partial charge in [-0.3, -0.25) is 9.59 Å². The molecule has 0 unspecified atom stereocenters. The fraction of sp³-hybridized carbons (Fsp3) is 0.467. The minimum atomic E-state index is -0.456. The van der Waals surface area contributed by atoms with E-state index in [0.717, 1.165) is 12.8 Å². The van der Waals surface area contributed by atoms with Crippen LogP contribution in [-0.4, -0.2) is 25.7 Å². The van der Waals surface area contributed by atoms with Crippen molar-refractivity contribution in [3.8, 4) is 11.5 Å². The van der Waals surface area contributed by atoms with Crippen LogP contribution in [0, 0.1) is 0 Å². The van der Waals surface area contributed by atoms with Gasteiger partial charge in [0.05, 0.1) is 26.6 Å². The molecule has 0 spiro atoms. The molecule has 0 N–H and O–H groups in total. The highest BCUT2D eigenvalue weighted by molar-refractivity contribution is 5.79. The molecule has 0 aliphatic heterocycles. The normalized spacial score (nSPS) is 9.90. The van der Waals surface area contributed by atoms with Crippen LogP contribution in [0.5, 0.6) is 11.5 Å². The first kappa shape index (κ1) is 16.0. The molecular formula is C15H20O5. The Morgan fingerprint density at radius 2 is 1.60 bits per heavy atom. The number of benzene rings is 1. The largest absolute Gasteiger partial charge is 0.497 e. The Bertz CT molecular complexity index is 424. The highest BCUT2D eigenvalue weighted by Crippen LogP contribution is 2.17. The summed E-state index contributed by atoms with van der Waals surface area (Å²) in [5.74, 6) is 0.284. The summed E-state index contributed by atoms with van der Waals surface area (Å²) >= 11 is 0. The molecule has 0 aliphatic rings. The second kappa shape index (κ2) is 8.96. The first-order chi connectivity index (χ1) is 9.65. The van der Waals surface area contributed by atoms with Gasteiger partial charge in [-0.2, -0.15) is 0 Å². The maximum Gasteiger partial charge on any atom is 0.311 e. The molecule has 5 heteroatoms. The van der Waals surface area contributed by atoms with Gasteiger partial charge in [0.15, 0.2) is 0 Å². The van der Waals surface area contributed by atoms with Crippen molar-refractivity contribution in [3.63, 3.8) is 0 Å². The van der Waals surface area contributed by atoms with Gasteiger partial charge in [0, 0.05) is 0 Å². The predicted octanol–water partition coefficient (Wildman–Crippen LogP) is 2.72. The number of rotatable bonds is 8. The fourth-order valence-electron chi connectivity index (χ4n) is 1.43. The van der Waals surface area contributed by atoms with E-state index in [-0.39, 0.29) is 18.8 Å². The van der Waals surface area contributed by atoms with Crippen LogP contribution in [0.1, 0.15) is 32.6 Å². The van der Waals surface area contributed by atoms with Crippen LogP contribution in [-0.2, 0) is 14.3 Å². The van der Waals surface area contributed by atoms with E-state index in [9.17, 15) is 9.59 Å². The van der Waals surface area contributed by atoms with E-state index in [1.54, 1.807) is 31.4 Å². The monoisotopic (exact) mass is 280 g/mol. The lowest BCUT2D eigenvalue weighted by molar-refractivity contribution is -0.147. The number of carbonyl (C=O) groups is 2. The zero-order chi connectivity index (χ0) is 14.8. The first-order valence-corrected chi connectivity index (χ1v) is 6.66. The number of ether oxygens (including phenoxy) is 3. The van der Waals surface area contributed by atoms with Crippen molar-refractivity contribution in [2.45, 2.75) is 32.6 Å². The molecule has 0 fully saturated rings. The molecule has 20 heavy (non-hydrogen) atoms. The lowest BCUT2D eigenvalue weighted by Crippen LogP contribution is -2.12. The Morgan fingerprint density at radius 1 is 1.00 bits per heavy atom. The van der Waals surface area contributed by atoms with E-state index in [1.807, 2.05) is 6.92 Å². The second-order valence-corrected chi connectivity index (χ2v) is 4.22. The number of unbranched alkanes of at least 4 members (excludes halogenated alkanes) is 1. The summed E-state index contributed by atoms with van der Waals surface area (Å²) in [4.78, 5) is 22.9. The average molecular weight is 280 g/mol. The molecule has 0 aliphatic carbocycles. The molecule has 0 bridgehead atoms. The Kier molecular flexibility index (Phi) is 7.17. The molecule has 1 rings (SSSR count). The maximum atomic E-state index is 11.5. The summed E-state index contributed by atoms with van der Waals surface area (Å²) in [6, 6.07) is 6.66. The lowest BCUT2D eigenvalue weighted by Gasteiger charge is -2.06. The molecule has 0 amide bonds. The summed E-state index contributed by atoms with van der Waals surface area (Å²) in [7, 11) is 1.56. The Hall–Kier alpha value is -2.04. The van der Waals surface area contributed by atoms with Crippen LogP contribution < -0.4 is 9.47 Å². The minimum Gasteiger partial charge on any atom is -0.497 e. The Balaban J connectivity index is 2.27. The highest BCUT2D eigenvalue weighted by atomic mass is 16.5. The molecule has 5 nitrogen and oxygen atoms in total. The molecule has 0 saturated heterocycles. The predicted molar refractivity (Wildman–Crippen MR) is 73.7 cm³/mol. The summed E-state index contributed by atoms with van der Waals surface area (Å²) in [6.07, 6.45) is 1.85. The van der Waals surface area contributed by atoms with Gasteiger partial charge >= 0.3 is 11.9 Å². The molecule has 110 valence electrons. The van der Waals surface area contributed by atoms with Gasteiger partial charge in [0.1, 0.15) is 11.5 Å². The van der Waals surface area contributed by atoms with Gasteiger partial charge in [0.25, 0.3) is 0 Å². The van der Waals surface area contributed by atoms with Gasteiger partial charge in [-0.05, 0) is 30.7 Å². The number of carbonyl (C=O) groups excluding carboxylic acids is 2. The summed E-state index contributed by atoms with van der Waals surface area (Å²) < 4.78 is 15.0. The van der Waals surface area contributed by atoms with Crippen molar-refractivity contribution in [3.05, 3.63) is 24.3 Å². The number of hydrogen-bond donors (Lipinski definition) is 0. The van der Waals surface area contributed by atoms with Crippen molar-refractivity contribution in [1.29, 1.82) is 0 Å². The lowest BCUT2D eigenvalue weighted by atomic mass is 10.3. The van der Waals surface area contributed by atoms with E-state index in [1.165, 1.54) is 0 Å². The SMILES string of the molecule is CCCCOC(=O)CCC(=O)Oc1ccc(OC)cc1. The molecule has 0 saturated carbocycles. The highest BCUT2D eigenvalue weighted by Gasteiger charge is 2.10. The zero-order valence-corrected chi connectivity index (χ0v) is 11.9. The molecule has 1 aromatic rings. The van der Waals surface area contributed by atoms with Crippen LogP contribution in [0.2, 0.25) is 0 Å². The zero-order valence-electron chi connectivity index (χ0n) is 11.9. The Labute approximate surface area is 118 Å². The summed E-state index contributed by atoms with van der Waals surface area (Å²) in [5, 5.41) is 0. The van der Waals surface area contributed by atoms with E-state index in [4.69, 9.17) is 14.2 Å². The second-order valence-electron chi connectivity index (χ2n) is 4.22. The van der Waals surface area contributed by atoms with Crippen molar-refractivity contribution in [1.82, 2.24) is 0 Å². The van der Waals surface area contributed by atoms with Gasteiger partial charge in [-0.15, -0.1) is 0 Å². The van der Waals surface area contributed by atoms with Gasteiger partial charge in [-0.25, -0.2) is 0 Å². The maximum absolute atomic E-state index is 11.5. The van der Waals surface area contributed by atoms with Crippen LogP contribution in [0.15, 0.2) is 24.3 Å². The van der Waals surface area contributed by atoms with Gasteiger partial charge in [-0.1, -0.05) is 13.3 Å². The summed E-state index contributed by atoms with van der Waals surface area (Å²) in [5.41, 5.74) is 0. The third-order valence-electron chi connectivity index (χ3n) is 2.59. The molecular weight excluding hydrogens is 260 g/mol. The third-order valence-corrected chi connectivity index (χ3v) is 2.59. The average Bonchev–Trinajstić information content (AvgIpc) is 2.46. The van der Waals surface area contributed by atoms with Crippen LogP contribution >= 0.6 is 0 Å². The van der Waals surface area contributed by atoms with Crippen LogP contribution in [0.3, 0.4) is 0 Å². The van der Waals surface area contributed by atoms with Crippen molar-refractivity contribution in [2.75, 3.05) is 13.7 Å². The third kappa shape index (κ3) is 6.22. The van der Waals surface area contributed by atoms with Gasteiger partial charge in [0.2, 0.25) is 0 Å². The van der Waals surface area contributed by atoms with Crippen LogP contribution in [0.4, 0.5) is 0 Å². The standard InChI is InChI=1S/C15H20O5/c1-3-4-11-19-14(16)9-10-15(17)20-13-7-5-12(18-2)6-8-13/h5-8H,3-4,9-11H2,1-2H3. The quantitative estimate of drug-likeness (QED) is 0.416. The summed E-state index contributed by atoms with van der Waals surface area (Å²) in [6.45, 7) is 2.42. The number of esters is 2. The van der Waals surface area contributed by atoms with Crippen molar-refractivity contribution >= 4 is 11.9 Å². The first-order valence-electron chi connectivity index (χ1n) is 6.66.